The number of aliphatic hydroxyl groups excluding tert-OH is 1. The maximum absolute atomic E-state index is 10.3. The summed E-state index contributed by atoms with van der Waals surface area (Å²) in [5.41, 5.74) is 2.20. The van der Waals surface area contributed by atoms with Crippen LogP contribution in [-0.4, -0.2) is 16.2 Å². The van der Waals surface area contributed by atoms with Crippen molar-refractivity contribution in [2.75, 3.05) is 0 Å². The predicted molar refractivity (Wildman–Crippen MR) is 66.8 cm³/mol. The van der Waals surface area contributed by atoms with E-state index in [0.717, 1.165) is 37.7 Å². The van der Waals surface area contributed by atoms with E-state index in [1.165, 1.54) is 5.56 Å². The summed E-state index contributed by atoms with van der Waals surface area (Å²) >= 11 is 0. The first-order chi connectivity index (χ1) is 8.22. The summed E-state index contributed by atoms with van der Waals surface area (Å²) in [6.07, 6.45) is 5.17. The lowest BCUT2D eigenvalue weighted by atomic mass is 10.0. The maximum Gasteiger partial charge on any atom is 0.303 e. The van der Waals surface area contributed by atoms with Crippen LogP contribution in [0.25, 0.3) is 0 Å². The number of benzene rings is 1. The molecule has 0 saturated carbocycles. The van der Waals surface area contributed by atoms with E-state index in [-0.39, 0.29) is 13.0 Å². The number of hydrogen-bond donors (Lipinski definition) is 2. The van der Waals surface area contributed by atoms with Crippen molar-refractivity contribution in [3.8, 4) is 0 Å². The number of hydrogen-bond acceptors (Lipinski definition) is 2. The quantitative estimate of drug-likeness (QED) is 0.682. The summed E-state index contributed by atoms with van der Waals surface area (Å²) in [4.78, 5) is 10.3. The van der Waals surface area contributed by atoms with Gasteiger partial charge in [0.15, 0.2) is 0 Å². The standard InChI is InChI=1S/C14H20O3/c15-11-13-8-5-7-12(10-13)6-3-1-2-4-9-14(16)17/h5,7-8,10,15H,1-4,6,9,11H2,(H,16,17). The van der Waals surface area contributed by atoms with E-state index in [4.69, 9.17) is 10.2 Å². The van der Waals surface area contributed by atoms with Crippen molar-refractivity contribution in [1.29, 1.82) is 0 Å². The first kappa shape index (κ1) is 13.7. The van der Waals surface area contributed by atoms with Gasteiger partial charge in [-0.15, -0.1) is 0 Å². The van der Waals surface area contributed by atoms with Crippen LogP contribution in [0, 0.1) is 0 Å². The summed E-state index contributed by atoms with van der Waals surface area (Å²) in [6.45, 7) is 0.0897. The topological polar surface area (TPSA) is 57.5 Å². The lowest BCUT2D eigenvalue weighted by Crippen LogP contribution is -1.94. The summed E-state index contributed by atoms with van der Waals surface area (Å²) in [5, 5.41) is 17.5. The molecule has 0 fully saturated rings. The average Bonchev–Trinajstić information content (AvgIpc) is 2.33. The van der Waals surface area contributed by atoms with Crippen LogP contribution in [0.15, 0.2) is 24.3 Å². The Morgan fingerprint density at radius 1 is 1.06 bits per heavy atom. The van der Waals surface area contributed by atoms with Crippen LogP contribution in [-0.2, 0) is 17.8 Å². The lowest BCUT2D eigenvalue weighted by Gasteiger charge is -2.03. The van der Waals surface area contributed by atoms with Gasteiger partial charge in [-0.05, 0) is 30.4 Å². The second-order valence-corrected chi connectivity index (χ2v) is 4.29. The van der Waals surface area contributed by atoms with Gasteiger partial charge in [0.05, 0.1) is 6.61 Å². The molecule has 0 spiro atoms. The first-order valence-corrected chi connectivity index (χ1v) is 6.13. The molecule has 0 aliphatic rings. The van der Waals surface area contributed by atoms with Gasteiger partial charge in [0.1, 0.15) is 0 Å². The Labute approximate surface area is 102 Å². The summed E-state index contributed by atoms with van der Waals surface area (Å²) in [6, 6.07) is 7.97. The van der Waals surface area contributed by atoms with Crippen molar-refractivity contribution in [3.05, 3.63) is 35.4 Å². The normalized spacial score (nSPS) is 10.4. The Hall–Kier alpha value is -1.35. The van der Waals surface area contributed by atoms with Gasteiger partial charge in [-0.3, -0.25) is 4.79 Å². The molecule has 94 valence electrons. The molecular formula is C14H20O3. The van der Waals surface area contributed by atoms with E-state index < -0.39 is 5.97 Å². The van der Waals surface area contributed by atoms with Crippen molar-refractivity contribution in [2.45, 2.75) is 45.1 Å². The number of aliphatic hydroxyl groups is 1. The minimum Gasteiger partial charge on any atom is -0.481 e. The molecule has 0 aliphatic heterocycles. The molecule has 0 atom stereocenters. The molecule has 1 aromatic carbocycles. The van der Waals surface area contributed by atoms with Gasteiger partial charge in [0.25, 0.3) is 0 Å². The maximum atomic E-state index is 10.3. The van der Waals surface area contributed by atoms with Crippen LogP contribution in [0.3, 0.4) is 0 Å². The minimum atomic E-state index is -0.708. The monoisotopic (exact) mass is 236 g/mol. The molecule has 0 unspecified atom stereocenters. The molecule has 0 aliphatic carbocycles. The van der Waals surface area contributed by atoms with Crippen LogP contribution in [0.2, 0.25) is 0 Å². The van der Waals surface area contributed by atoms with Gasteiger partial charge in [0.2, 0.25) is 0 Å². The summed E-state index contributed by atoms with van der Waals surface area (Å²) in [7, 11) is 0. The Morgan fingerprint density at radius 2 is 1.76 bits per heavy atom. The van der Waals surface area contributed by atoms with E-state index in [1.807, 2.05) is 18.2 Å². The highest BCUT2D eigenvalue weighted by molar-refractivity contribution is 5.66. The lowest BCUT2D eigenvalue weighted by molar-refractivity contribution is -0.137. The second-order valence-electron chi connectivity index (χ2n) is 4.29. The highest BCUT2D eigenvalue weighted by atomic mass is 16.4. The van der Waals surface area contributed by atoms with Crippen molar-refractivity contribution in [1.82, 2.24) is 0 Å². The van der Waals surface area contributed by atoms with Crippen molar-refractivity contribution < 1.29 is 15.0 Å². The molecule has 0 amide bonds. The van der Waals surface area contributed by atoms with E-state index in [9.17, 15) is 4.79 Å². The fourth-order valence-electron chi connectivity index (χ4n) is 1.84. The third kappa shape index (κ3) is 6.07. The molecular weight excluding hydrogens is 216 g/mol. The van der Waals surface area contributed by atoms with Gasteiger partial charge in [-0.25, -0.2) is 0 Å². The van der Waals surface area contributed by atoms with E-state index in [0.29, 0.717) is 0 Å². The number of unbranched alkanes of at least 4 members (excludes halogenated alkanes) is 3. The van der Waals surface area contributed by atoms with Gasteiger partial charge in [-0.1, -0.05) is 37.1 Å². The molecule has 1 aromatic rings. The second kappa shape index (κ2) is 7.85. The fraction of sp³-hybridized carbons (Fsp3) is 0.500. The Bertz CT molecular complexity index is 347. The van der Waals surface area contributed by atoms with Gasteiger partial charge in [-0.2, -0.15) is 0 Å². The number of rotatable bonds is 8. The van der Waals surface area contributed by atoms with Crippen LogP contribution in [0.5, 0.6) is 0 Å². The number of carboxylic acids is 1. The Balaban J connectivity index is 2.15. The van der Waals surface area contributed by atoms with Gasteiger partial charge < -0.3 is 10.2 Å². The van der Waals surface area contributed by atoms with Crippen LogP contribution in [0.4, 0.5) is 0 Å². The molecule has 0 heterocycles. The molecule has 2 N–H and O–H groups in total. The fourth-order valence-corrected chi connectivity index (χ4v) is 1.84. The van der Waals surface area contributed by atoms with E-state index in [1.54, 1.807) is 0 Å². The molecule has 0 saturated heterocycles. The number of carboxylic acid groups (broad SMARTS) is 1. The minimum absolute atomic E-state index is 0.0897. The molecule has 3 heteroatoms. The number of aliphatic carboxylic acids is 1. The SMILES string of the molecule is O=C(O)CCCCCCc1cccc(CO)c1. The third-order valence-corrected chi connectivity index (χ3v) is 2.78. The zero-order chi connectivity index (χ0) is 12.5. The number of carbonyl (C=O) groups is 1. The van der Waals surface area contributed by atoms with Gasteiger partial charge in [0, 0.05) is 6.42 Å². The van der Waals surface area contributed by atoms with Crippen LogP contribution in [0.1, 0.15) is 43.2 Å². The number of aryl methyl sites for hydroxylation is 1. The zero-order valence-electron chi connectivity index (χ0n) is 10.1. The van der Waals surface area contributed by atoms with E-state index in [2.05, 4.69) is 6.07 Å². The Kier molecular flexibility index (Phi) is 6.33. The highest BCUT2D eigenvalue weighted by Crippen LogP contribution is 2.11. The van der Waals surface area contributed by atoms with Crippen molar-refractivity contribution >= 4 is 5.97 Å². The van der Waals surface area contributed by atoms with Crippen molar-refractivity contribution in [2.24, 2.45) is 0 Å². The first-order valence-electron chi connectivity index (χ1n) is 6.13. The largest absolute Gasteiger partial charge is 0.481 e. The third-order valence-electron chi connectivity index (χ3n) is 2.78. The summed E-state index contributed by atoms with van der Waals surface area (Å²) in [5.74, 6) is -0.708. The van der Waals surface area contributed by atoms with Crippen LogP contribution < -0.4 is 0 Å². The van der Waals surface area contributed by atoms with Gasteiger partial charge >= 0.3 is 5.97 Å². The molecule has 0 bridgehead atoms. The summed E-state index contributed by atoms with van der Waals surface area (Å²) < 4.78 is 0. The molecule has 3 nitrogen and oxygen atoms in total. The Morgan fingerprint density at radius 3 is 2.47 bits per heavy atom. The highest BCUT2D eigenvalue weighted by Gasteiger charge is 1.98. The average molecular weight is 236 g/mol. The smallest absolute Gasteiger partial charge is 0.303 e. The van der Waals surface area contributed by atoms with Crippen molar-refractivity contribution in [3.63, 3.8) is 0 Å². The predicted octanol–water partition coefficient (Wildman–Crippen LogP) is 2.76. The van der Waals surface area contributed by atoms with Crippen LogP contribution >= 0.6 is 0 Å². The molecule has 0 radical (unpaired) electrons. The molecule has 0 aromatic heterocycles. The molecule has 17 heavy (non-hydrogen) atoms. The molecule has 1 rings (SSSR count). The van der Waals surface area contributed by atoms with E-state index >= 15 is 0 Å². The zero-order valence-corrected chi connectivity index (χ0v) is 10.1.